The van der Waals surface area contributed by atoms with Crippen LogP contribution in [0.3, 0.4) is 0 Å². The molecule has 0 aliphatic carbocycles. The van der Waals surface area contributed by atoms with Gasteiger partial charge in [0.05, 0.1) is 12.5 Å². The van der Waals surface area contributed by atoms with Crippen molar-refractivity contribution in [1.29, 1.82) is 0 Å². The molecule has 7 heteroatoms. The number of carbonyl (C=O) groups excluding carboxylic acids is 1. The molecule has 0 radical (unpaired) electrons. The van der Waals surface area contributed by atoms with Gasteiger partial charge in [0.25, 0.3) is 5.56 Å². The zero-order chi connectivity index (χ0) is 15.4. The molecule has 0 unspecified atom stereocenters. The first-order valence-corrected chi connectivity index (χ1v) is 7.70. The molecule has 0 atom stereocenters. The van der Waals surface area contributed by atoms with E-state index in [-0.39, 0.29) is 24.5 Å². The monoisotopic (exact) mass is 310 g/mol. The maximum atomic E-state index is 12.3. The number of fused-ring (bicyclic) bond motifs is 1. The highest BCUT2D eigenvalue weighted by atomic mass is 32.1. The van der Waals surface area contributed by atoms with Crippen LogP contribution in [0.15, 0.2) is 15.7 Å². The summed E-state index contributed by atoms with van der Waals surface area (Å²) in [5, 5.41) is 0.543. The van der Waals surface area contributed by atoms with Gasteiger partial charge >= 0.3 is 11.7 Å². The number of thiophene rings is 1. The van der Waals surface area contributed by atoms with Gasteiger partial charge < -0.3 is 4.74 Å². The molecule has 2 rings (SSSR count). The van der Waals surface area contributed by atoms with E-state index in [1.165, 1.54) is 18.4 Å². The fraction of sp³-hybridized carbons (Fsp3) is 0.500. The van der Waals surface area contributed by atoms with Crippen LogP contribution < -0.4 is 11.2 Å². The number of rotatable bonds is 6. The van der Waals surface area contributed by atoms with E-state index < -0.39 is 5.69 Å². The van der Waals surface area contributed by atoms with Gasteiger partial charge in [-0.1, -0.05) is 13.3 Å². The minimum atomic E-state index is -0.428. The quantitative estimate of drug-likeness (QED) is 0.823. The highest BCUT2D eigenvalue weighted by Gasteiger charge is 2.11. The van der Waals surface area contributed by atoms with Gasteiger partial charge in [-0.05, 0) is 18.9 Å². The van der Waals surface area contributed by atoms with E-state index in [1.54, 1.807) is 0 Å². The van der Waals surface area contributed by atoms with Crippen molar-refractivity contribution in [1.82, 2.24) is 9.55 Å². The smallest absolute Gasteiger partial charge is 0.329 e. The van der Waals surface area contributed by atoms with Crippen LogP contribution in [-0.4, -0.2) is 22.6 Å². The molecule has 2 aromatic heterocycles. The van der Waals surface area contributed by atoms with Gasteiger partial charge in [-0.15, -0.1) is 11.3 Å². The Morgan fingerprint density at radius 1 is 1.43 bits per heavy atom. The molecule has 0 amide bonds. The predicted molar refractivity (Wildman–Crippen MR) is 82.0 cm³/mol. The van der Waals surface area contributed by atoms with E-state index in [2.05, 4.69) is 16.6 Å². The second-order valence-corrected chi connectivity index (χ2v) is 5.91. The van der Waals surface area contributed by atoms with Crippen molar-refractivity contribution in [2.75, 3.05) is 7.11 Å². The van der Waals surface area contributed by atoms with Crippen LogP contribution in [0.25, 0.3) is 10.2 Å². The molecule has 0 saturated carbocycles. The molecule has 0 aliphatic rings. The minimum Gasteiger partial charge on any atom is -0.469 e. The van der Waals surface area contributed by atoms with Crippen LogP contribution >= 0.6 is 11.3 Å². The van der Waals surface area contributed by atoms with Gasteiger partial charge in [-0.2, -0.15) is 0 Å². The van der Waals surface area contributed by atoms with Crippen molar-refractivity contribution in [2.45, 2.75) is 39.2 Å². The van der Waals surface area contributed by atoms with Crippen LogP contribution in [0, 0.1) is 0 Å². The third-order valence-corrected chi connectivity index (χ3v) is 4.32. The molecule has 2 aromatic rings. The van der Waals surface area contributed by atoms with Crippen LogP contribution in [0.4, 0.5) is 0 Å². The minimum absolute atomic E-state index is 0.186. The van der Waals surface area contributed by atoms with Gasteiger partial charge in [0, 0.05) is 17.8 Å². The Labute approximate surface area is 125 Å². The van der Waals surface area contributed by atoms with Crippen LogP contribution in [0.5, 0.6) is 0 Å². The van der Waals surface area contributed by atoms with Crippen molar-refractivity contribution < 1.29 is 9.53 Å². The Morgan fingerprint density at radius 3 is 2.86 bits per heavy atom. The molecular formula is C14H18N2O4S. The van der Waals surface area contributed by atoms with Crippen molar-refractivity contribution in [3.63, 3.8) is 0 Å². The molecule has 0 aromatic carbocycles. The number of aryl methyl sites for hydroxylation is 1. The number of carbonyl (C=O) groups is 1. The summed E-state index contributed by atoms with van der Waals surface area (Å²) in [6.45, 7) is 2.27. The van der Waals surface area contributed by atoms with Crippen LogP contribution in [0.1, 0.15) is 31.1 Å². The maximum Gasteiger partial charge on any atom is 0.329 e. The van der Waals surface area contributed by atoms with E-state index in [9.17, 15) is 14.4 Å². The molecule has 1 N–H and O–H groups in total. The van der Waals surface area contributed by atoms with Crippen molar-refractivity contribution >= 4 is 27.5 Å². The van der Waals surface area contributed by atoms with Crippen molar-refractivity contribution in [2.24, 2.45) is 0 Å². The number of esters is 1. The maximum absolute atomic E-state index is 12.3. The number of aromatic amines is 1. The predicted octanol–water partition coefficient (Wildman–Crippen LogP) is 1.66. The van der Waals surface area contributed by atoms with Gasteiger partial charge in [-0.25, -0.2) is 4.79 Å². The second-order valence-electron chi connectivity index (χ2n) is 4.77. The fourth-order valence-corrected chi connectivity index (χ4v) is 3.29. The molecule has 114 valence electrons. The first-order chi connectivity index (χ1) is 10.1. The normalized spacial score (nSPS) is 11.0. The molecule has 21 heavy (non-hydrogen) atoms. The number of nitrogens with zero attached hydrogens (tertiary/aromatic N) is 1. The molecule has 0 aliphatic heterocycles. The first-order valence-electron chi connectivity index (χ1n) is 6.89. The summed E-state index contributed by atoms with van der Waals surface area (Å²) in [7, 11) is 1.31. The topological polar surface area (TPSA) is 81.2 Å². The number of hydrogen-bond acceptors (Lipinski definition) is 5. The summed E-state index contributed by atoms with van der Waals surface area (Å²) in [4.78, 5) is 39.8. The van der Waals surface area contributed by atoms with Gasteiger partial charge in [0.1, 0.15) is 4.83 Å². The Hall–Kier alpha value is -1.89. The lowest BCUT2D eigenvalue weighted by molar-refractivity contribution is -0.140. The number of ether oxygens (including phenoxy) is 1. The molecule has 2 heterocycles. The van der Waals surface area contributed by atoms with Gasteiger partial charge in [-0.3, -0.25) is 19.1 Å². The Balaban J connectivity index is 2.29. The SMILES string of the molecule is CCCc1cc2c(=O)n(CCCC(=O)OC)c(=O)[nH]c2s1. The van der Waals surface area contributed by atoms with E-state index in [0.29, 0.717) is 16.6 Å². The first kappa shape index (κ1) is 15.5. The van der Waals surface area contributed by atoms with E-state index in [0.717, 1.165) is 22.3 Å². The lowest BCUT2D eigenvalue weighted by Crippen LogP contribution is -2.34. The van der Waals surface area contributed by atoms with Crippen LogP contribution in [0.2, 0.25) is 0 Å². The average molecular weight is 310 g/mol. The average Bonchev–Trinajstić information content (AvgIpc) is 2.85. The second kappa shape index (κ2) is 6.71. The highest BCUT2D eigenvalue weighted by Crippen LogP contribution is 2.21. The molecule has 0 saturated heterocycles. The molecular weight excluding hydrogens is 292 g/mol. The zero-order valence-corrected chi connectivity index (χ0v) is 12.9. The van der Waals surface area contributed by atoms with Crippen LogP contribution in [-0.2, 0) is 22.5 Å². The summed E-state index contributed by atoms with van der Waals surface area (Å²) in [5.74, 6) is -0.346. The molecule has 0 spiro atoms. The Bertz CT molecular complexity index is 756. The number of H-pyrrole nitrogens is 1. The number of aromatic nitrogens is 2. The number of hydrogen-bond donors (Lipinski definition) is 1. The van der Waals surface area contributed by atoms with Gasteiger partial charge in [0.15, 0.2) is 0 Å². The third-order valence-electron chi connectivity index (χ3n) is 3.21. The van der Waals surface area contributed by atoms with Gasteiger partial charge in [0.2, 0.25) is 0 Å². The summed E-state index contributed by atoms with van der Waals surface area (Å²) >= 11 is 1.45. The third kappa shape index (κ3) is 3.41. The number of nitrogens with one attached hydrogen (secondary N) is 1. The summed E-state index contributed by atoms with van der Waals surface area (Å²) in [6, 6.07) is 1.85. The van der Waals surface area contributed by atoms with Crippen molar-refractivity contribution in [3.8, 4) is 0 Å². The highest BCUT2D eigenvalue weighted by molar-refractivity contribution is 7.18. The fourth-order valence-electron chi connectivity index (χ4n) is 2.15. The lowest BCUT2D eigenvalue weighted by atomic mass is 10.2. The Kier molecular flexibility index (Phi) is 4.95. The summed E-state index contributed by atoms with van der Waals surface area (Å²) in [6.07, 6.45) is 2.46. The molecule has 6 nitrogen and oxygen atoms in total. The molecule has 0 fully saturated rings. The lowest BCUT2D eigenvalue weighted by Gasteiger charge is -2.03. The standard InChI is InChI=1S/C14H18N2O4S/c1-3-5-9-8-10-12(21-9)15-14(19)16(13(10)18)7-4-6-11(17)20-2/h8H,3-7H2,1-2H3,(H,15,19). The van der Waals surface area contributed by atoms with Crippen molar-refractivity contribution in [3.05, 3.63) is 31.8 Å². The summed E-state index contributed by atoms with van der Waals surface area (Å²) < 4.78 is 5.69. The Morgan fingerprint density at radius 2 is 2.19 bits per heavy atom. The number of methoxy groups -OCH3 is 1. The van der Waals surface area contributed by atoms with E-state index >= 15 is 0 Å². The molecule has 0 bridgehead atoms. The zero-order valence-electron chi connectivity index (χ0n) is 12.1. The van der Waals surface area contributed by atoms with E-state index in [4.69, 9.17) is 0 Å². The van der Waals surface area contributed by atoms with E-state index in [1.807, 2.05) is 6.07 Å². The largest absolute Gasteiger partial charge is 0.469 e. The summed E-state index contributed by atoms with van der Waals surface area (Å²) in [5.41, 5.74) is -0.723.